The molecule has 1 aromatic heterocycles. The minimum Gasteiger partial charge on any atom is -0.379 e. The summed E-state index contributed by atoms with van der Waals surface area (Å²) in [6.45, 7) is 3.43. The van der Waals surface area contributed by atoms with Crippen molar-refractivity contribution in [2.24, 2.45) is 0 Å². The van der Waals surface area contributed by atoms with Crippen LogP contribution in [0.15, 0.2) is 65.6 Å². The number of carbonyl (C=O) groups is 1. The van der Waals surface area contributed by atoms with E-state index in [2.05, 4.69) is 20.4 Å². The Labute approximate surface area is 217 Å². The Morgan fingerprint density at radius 3 is 2.24 bits per heavy atom. The summed E-state index contributed by atoms with van der Waals surface area (Å²) in [6.07, 6.45) is 4.88. The first kappa shape index (κ1) is 25.3. The number of ether oxygens (including phenoxy) is 1. The summed E-state index contributed by atoms with van der Waals surface area (Å²) in [4.78, 5) is 15.3. The molecule has 1 N–H and O–H groups in total. The fraction of sp³-hybridized carbons (Fsp3) is 0.370. The minimum absolute atomic E-state index is 0.162. The van der Waals surface area contributed by atoms with Crippen molar-refractivity contribution in [2.75, 3.05) is 49.6 Å². The lowest BCUT2D eigenvalue weighted by Crippen LogP contribution is -2.40. The molecule has 2 aliphatic heterocycles. The highest BCUT2D eigenvalue weighted by Gasteiger charge is 2.26. The summed E-state index contributed by atoms with van der Waals surface area (Å²) >= 11 is 0. The molecular weight excluding hydrogens is 490 g/mol. The molecule has 0 radical (unpaired) electrons. The third-order valence-electron chi connectivity index (χ3n) is 6.72. The van der Waals surface area contributed by atoms with Crippen molar-refractivity contribution in [3.05, 3.63) is 66.2 Å². The zero-order valence-electron chi connectivity index (χ0n) is 20.7. The number of carbonyl (C=O) groups excluding carboxylic acids is 1. The van der Waals surface area contributed by atoms with Crippen LogP contribution in [0.25, 0.3) is 11.3 Å². The molecule has 10 heteroatoms. The van der Waals surface area contributed by atoms with E-state index in [0.29, 0.717) is 37.6 Å². The highest BCUT2D eigenvalue weighted by Crippen LogP contribution is 2.24. The van der Waals surface area contributed by atoms with E-state index < -0.39 is 10.0 Å². The summed E-state index contributed by atoms with van der Waals surface area (Å²) in [5.74, 6) is 0.573. The molecule has 194 valence electrons. The van der Waals surface area contributed by atoms with E-state index in [9.17, 15) is 13.2 Å². The minimum atomic E-state index is -3.61. The van der Waals surface area contributed by atoms with Crippen LogP contribution in [-0.2, 0) is 14.8 Å². The third kappa shape index (κ3) is 5.98. The summed E-state index contributed by atoms with van der Waals surface area (Å²) in [7, 11) is -3.61. The van der Waals surface area contributed by atoms with Crippen molar-refractivity contribution in [3.8, 4) is 11.3 Å². The zero-order chi connectivity index (χ0) is 25.7. The van der Waals surface area contributed by atoms with Gasteiger partial charge in [0.1, 0.15) is 0 Å². The Balaban J connectivity index is 1.25. The van der Waals surface area contributed by atoms with Crippen LogP contribution in [0.1, 0.15) is 36.0 Å². The molecule has 3 aromatic rings. The van der Waals surface area contributed by atoms with Crippen LogP contribution in [0.5, 0.6) is 0 Å². The van der Waals surface area contributed by atoms with Gasteiger partial charge in [0, 0.05) is 43.0 Å². The number of nitrogens with zero attached hydrogens (tertiary/aromatic N) is 4. The van der Waals surface area contributed by atoms with E-state index in [0.717, 1.165) is 30.2 Å². The maximum Gasteiger partial charge on any atom is 0.255 e. The molecule has 5 rings (SSSR count). The number of nitrogens with one attached hydrogen (secondary N) is 1. The molecule has 2 aromatic carbocycles. The first-order valence-corrected chi connectivity index (χ1v) is 14.1. The Kier molecular flexibility index (Phi) is 7.78. The number of hydrogen-bond donors (Lipinski definition) is 1. The van der Waals surface area contributed by atoms with E-state index in [-0.39, 0.29) is 10.8 Å². The average Bonchev–Trinajstić information content (AvgIpc) is 3.24. The monoisotopic (exact) mass is 521 g/mol. The van der Waals surface area contributed by atoms with Gasteiger partial charge in [0.15, 0.2) is 5.82 Å². The van der Waals surface area contributed by atoms with Gasteiger partial charge >= 0.3 is 0 Å². The lowest BCUT2D eigenvalue weighted by atomic mass is 10.1. The van der Waals surface area contributed by atoms with Gasteiger partial charge in [-0.15, -0.1) is 10.2 Å². The van der Waals surface area contributed by atoms with E-state index in [4.69, 9.17) is 4.74 Å². The fourth-order valence-corrected chi connectivity index (χ4v) is 6.03. The first-order chi connectivity index (χ1) is 18.0. The number of amides is 1. The number of sulfonamides is 1. The second kappa shape index (κ2) is 11.4. The van der Waals surface area contributed by atoms with Crippen LogP contribution < -0.4 is 10.2 Å². The van der Waals surface area contributed by atoms with Crippen LogP contribution in [-0.4, -0.2) is 68.2 Å². The van der Waals surface area contributed by atoms with E-state index in [1.54, 1.807) is 6.07 Å². The Bertz CT molecular complexity index is 1320. The van der Waals surface area contributed by atoms with Gasteiger partial charge in [0.2, 0.25) is 10.0 Å². The molecule has 9 nitrogen and oxygen atoms in total. The highest BCUT2D eigenvalue weighted by atomic mass is 32.2. The molecule has 0 atom stereocenters. The first-order valence-electron chi connectivity index (χ1n) is 12.7. The molecule has 0 unspecified atom stereocenters. The molecule has 0 bridgehead atoms. The van der Waals surface area contributed by atoms with Crippen molar-refractivity contribution < 1.29 is 17.9 Å². The summed E-state index contributed by atoms with van der Waals surface area (Å²) < 4.78 is 32.3. The second-order valence-electron chi connectivity index (χ2n) is 9.25. The standard InChI is InChI=1S/C27H31N5O4S/c33-27(21-8-10-24(11-9-21)37(34,35)32-16-18-36-19-17-32)28-23-7-5-6-22(20-23)25-12-13-26(30-29-25)31-14-3-1-2-4-15-31/h5-13,20H,1-4,14-19H2,(H,28,33). The molecule has 2 saturated heterocycles. The normalized spacial score (nSPS) is 17.2. The second-order valence-corrected chi connectivity index (χ2v) is 11.2. The molecule has 3 heterocycles. The van der Waals surface area contributed by atoms with E-state index >= 15 is 0 Å². The van der Waals surface area contributed by atoms with Crippen LogP contribution >= 0.6 is 0 Å². The number of benzene rings is 2. The van der Waals surface area contributed by atoms with Gasteiger partial charge in [-0.3, -0.25) is 4.79 Å². The Morgan fingerprint density at radius 2 is 1.57 bits per heavy atom. The summed E-state index contributed by atoms with van der Waals surface area (Å²) in [6, 6.07) is 17.4. The van der Waals surface area contributed by atoms with Crippen molar-refractivity contribution >= 4 is 27.4 Å². The molecule has 37 heavy (non-hydrogen) atoms. The fourth-order valence-electron chi connectivity index (χ4n) is 4.62. The molecule has 2 aliphatic rings. The van der Waals surface area contributed by atoms with Crippen molar-refractivity contribution in [1.29, 1.82) is 0 Å². The topological polar surface area (TPSA) is 105 Å². The maximum absolute atomic E-state index is 12.9. The van der Waals surface area contributed by atoms with Crippen molar-refractivity contribution in [3.63, 3.8) is 0 Å². The molecule has 2 fully saturated rings. The van der Waals surface area contributed by atoms with Gasteiger partial charge in [-0.2, -0.15) is 4.31 Å². The van der Waals surface area contributed by atoms with Gasteiger partial charge in [0.25, 0.3) is 5.91 Å². The van der Waals surface area contributed by atoms with Crippen molar-refractivity contribution in [1.82, 2.24) is 14.5 Å². The number of aromatic nitrogens is 2. The summed E-state index contributed by atoms with van der Waals surface area (Å²) in [5.41, 5.74) is 2.56. The number of anilines is 2. The zero-order valence-corrected chi connectivity index (χ0v) is 21.5. The SMILES string of the molecule is O=C(Nc1cccc(-c2ccc(N3CCCCCC3)nn2)c1)c1ccc(S(=O)(=O)N2CCOCC2)cc1. The predicted octanol–water partition coefficient (Wildman–Crippen LogP) is 3.80. The van der Waals surface area contributed by atoms with E-state index in [1.807, 2.05) is 30.3 Å². The Morgan fingerprint density at radius 1 is 0.838 bits per heavy atom. The highest BCUT2D eigenvalue weighted by molar-refractivity contribution is 7.89. The molecule has 0 aliphatic carbocycles. The predicted molar refractivity (Wildman–Crippen MR) is 142 cm³/mol. The van der Waals surface area contributed by atoms with Gasteiger partial charge < -0.3 is 15.0 Å². The van der Waals surface area contributed by atoms with Gasteiger partial charge in [0.05, 0.1) is 23.8 Å². The van der Waals surface area contributed by atoms with Gasteiger partial charge in [-0.05, 0) is 61.4 Å². The molecule has 0 spiro atoms. The largest absolute Gasteiger partial charge is 0.379 e. The quantitative estimate of drug-likeness (QED) is 0.526. The number of morpholine rings is 1. The average molecular weight is 522 g/mol. The smallest absolute Gasteiger partial charge is 0.255 e. The van der Waals surface area contributed by atoms with Crippen molar-refractivity contribution in [2.45, 2.75) is 30.6 Å². The lowest BCUT2D eigenvalue weighted by molar-refractivity contribution is 0.0730. The molecule has 0 saturated carbocycles. The van der Waals surface area contributed by atoms with Gasteiger partial charge in [-0.25, -0.2) is 8.42 Å². The van der Waals surface area contributed by atoms with Gasteiger partial charge in [-0.1, -0.05) is 25.0 Å². The Hall–Kier alpha value is -3.34. The maximum atomic E-state index is 12.9. The summed E-state index contributed by atoms with van der Waals surface area (Å²) in [5, 5.41) is 11.8. The molecule has 1 amide bonds. The lowest BCUT2D eigenvalue weighted by Gasteiger charge is -2.26. The van der Waals surface area contributed by atoms with E-state index in [1.165, 1.54) is 54.3 Å². The van der Waals surface area contributed by atoms with Crippen LogP contribution in [0.2, 0.25) is 0 Å². The van der Waals surface area contributed by atoms with Crippen LogP contribution in [0, 0.1) is 0 Å². The number of hydrogen-bond acceptors (Lipinski definition) is 7. The third-order valence-corrected chi connectivity index (χ3v) is 8.63. The van der Waals surface area contributed by atoms with Crippen LogP contribution in [0.4, 0.5) is 11.5 Å². The number of rotatable bonds is 6. The van der Waals surface area contributed by atoms with Crippen LogP contribution in [0.3, 0.4) is 0 Å². The molecular formula is C27H31N5O4S.